The quantitative estimate of drug-likeness (QED) is 0.841. The fourth-order valence-corrected chi connectivity index (χ4v) is 2.90. The summed E-state index contributed by atoms with van der Waals surface area (Å²) in [5, 5.41) is 13.3. The summed E-state index contributed by atoms with van der Waals surface area (Å²) in [6, 6.07) is 11.8. The zero-order valence-electron chi connectivity index (χ0n) is 14.1. The number of ether oxygens (including phenoxy) is 1. The first-order chi connectivity index (χ1) is 12.5. The van der Waals surface area contributed by atoms with Gasteiger partial charge in [0, 0.05) is 18.2 Å². The van der Waals surface area contributed by atoms with E-state index in [0.717, 1.165) is 10.2 Å². The van der Waals surface area contributed by atoms with Crippen LogP contribution < -0.4 is 5.56 Å². The lowest BCUT2D eigenvalue weighted by Gasteiger charge is -2.34. The molecule has 1 atom stereocenters. The molecule has 1 unspecified atom stereocenters. The van der Waals surface area contributed by atoms with Crippen LogP contribution in [0.3, 0.4) is 0 Å². The maximum Gasteiger partial charge on any atom is 0.305 e. The monoisotopic (exact) mass is 357 g/mol. The fraction of sp³-hybridized carbons (Fsp3) is 0.333. The van der Waals surface area contributed by atoms with Crippen molar-refractivity contribution in [2.45, 2.75) is 19.0 Å². The Kier molecular flexibility index (Phi) is 5.43. The van der Waals surface area contributed by atoms with Crippen molar-refractivity contribution >= 4 is 11.9 Å². The van der Waals surface area contributed by atoms with Crippen LogP contribution in [0.15, 0.2) is 47.3 Å². The number of amides is 1. The van der Waals surface area contributed by atoms with Gasteiger partial charge in [0.15, 0.2) is 0 Å². The smallest absolute Gasteiger partial charge is 0.305 e. The summed E-state index contributed by atoms with van der Waals surface area (Å²) in [4.78, 5) is 37.2. The van der Waals surface area contributed by atoms with Crippen molar-refractivity contribution in [3.05, 3.63) is 52.8 Å². The SMILES string of the molecule is O=C(O)CC1COCCN1C(=O)Cn1nc(-c2ccccc2)ccc1=O. The molecule has 1 fully saturated rings. The lowest BCUT2D eigenvalue weighted by atomic mass is 10.1. The van der Waals surface area contributed by atoms with Crippen LogP contribution >= 0.6 is 0 Å². The Labute approximate surface area is 149 Å². The molecule has 2 heterocycles. The summed E-state index contributed by atoms with van der Waals surface area (Å²) in [6.07, 6.45) is -0.196. The van der Waals surface area contributed by atoms with E-state index in [1.807, 2.05) is 30.3 Å². The van der Waals surface area contributed by atoms with Crippen molar-refractivity contribution in [1.29, 1.82) is 0 Å². The van der Waals surface area contributed by atoms with Crippen LogP contribution in [0.5, 0.6) is 0 Å². The van der Waals surface area contributed by atoms with Gasteiger partial charge in [-0.2, -0.15) is 5.10 Å². The standard InChI is InChI=1S/C18H19N3O5/c22-16-7-6-15(13-4-2-1-3-5-13)19-21(16)11-17(23)20-8-9-26-12-14(20)10-18(24)25/h1-7,14H,8-12H2,(H,24,25). The van der Waals surface area contributed by atoms with E-state index in [9.17, 15) is 14.4 Å². The van der Waals surface area contributed by atoms with Gasteiger partial charge in [-0.3, -0.25) is 14.4 Å². The maximum absolute atomic E-state index is 12.6. The van der Waals surface area contributed by atoms with Crippen molar-refractivity contribution in [2.24, 2.45) is 0 Å². The van der Waals surface area contributed by atoms with Crippen LogP contribution in [-0.2, 0) is 20.9 Å². The largest absolute Gasteiger partial charge is 0.481 e. The molecule has 8 heteroatoms. The van der Waals surface area contributed by atoms with Crippen LogP contribution in [0.4, 0.5) is 0 Å². The van der Waals surface area contributed by atoms with Gasteiger partial charge in [0.2, 0.25) is 5.91 Å². The topological polar surface area (TPSA) is 102 Å². The van der Waals surface area contributed by atoms with Crippen molar-refractivity contribution in [3.63, 3.8) is 0 Å². The van der Waals surface area contributed by atoms with Crippen LogP contribution in [-0.4, -0.2) is 57.5 Å². The van der Waals surface area contributed by atoms with Crippen LogP contribution in [0.25, 0.3) is 11.3 Å². The molecule has 1 aromatic carbocycles. The van der Waals surface area contributed by atoms with E-state index >= 15 is 0 Å². The van der Waals surface area contributed by atoms with E-state index in [2.05, 4.69) is 5.10 Å². The minimum Gasteiger partial charge on any atom is -0.481 e. The summed E-state index contributed by atoms with van der Waals surface area (Å²) in [7, 11) is 0. The van der Waals surface area contributed by atoms with Crippen LogP contribution in [0.1, 0.15) is 6.42 Å². The van der Waals surface area contributed by atoms with Crippen molar-refractivity contribution in [1.82, 2.24) is 14.7 Å². The van der Waals surface area contributed by atoms with Crippen molar-refractivity contribution in [2.75, 3.05) is 19.8 Å². The molecular weight excluding hydrogens is 338 g/mol. The number of carbonyl (C=O) groups excluding carboxylic acids is 1. The number of aliphatic carboxylic acids is 1. The molecule has 0 bridgehead atoms. The Morgan fingerprint density at radius 3 is 2.69 bits per heavy atom. The maximum atomic E-state index is 12.6. The third-order valence-corrected chi connectivity index (χ3v) is 4.18. The van der Waals surface area contributed by atoms with Gasteiger partial charge in [-0.15, -0.1) is 0 Å². The first-order valence-corrected chi connectivity index (χ1v) is 8.27. The molecule has 26 heavy (non-hydrogen) atoms. The van der Waals surface area contributed by atoms with E-state index in [1.54, 1.807) is 6.07 Å². The summed E-state index contributed by atoms with van der Waals surface area (Å²) in [6.45, 7) is 0.568. The first kappa shape index (κ1) is 17.8. The van der Waals surface area contributed by atoms with Gasteiger partial charge in [-0.1, -0.05) is 30.3 Å². The third-order valence-electron chi connectivity index (χ3n) is 4.18. The van der Waals surface area contributed by atoms with Gasteiger partial charge in [0.05, 0.1) is 31.4 Å². The lowest BCUT2D eigenvalue weighted by molar-refractivity contribution is -0.146. The van der Waals surface area contributed by atoms with Gasteiger partial charge in [-0.25, -0.2) is 4.68 Å². The van der Waals surface area contributed by atoms with Gasteiger partial charge in [0.1, 0.15) is 6.54 Å². The number of carbonyl (C=O) groups is 2. The molecule has 0 saturated carbocycles. The van der Waals surface area contributed by atoms with Crippen LogP contribution in [0.2, 0.25) is 0 Å². The molecule has 1 aliphatic heterocycles. The average molecular weight is 357 g/mol. The predicted molar refractivity (Wildman–Crippen MR) is 92.5 cm³/mol. The molecule has 2 aromatic rings. The first-order valence-electron chi connectivity index (χ1n) is 8.27. The number of hydrogen-bond donors (Lipinski definition) is 1. The van der Waals surface area contributed by atoms with Gasteiger partial charge < -0.3 is 14.7 Å². The van der Waals surface area contributed by atoms with Gasteiger partial charge in [-0.05, 0) is 6.07 Å². The van der Waals surface area contributed by atoms with Crippen LogP contribution in [0, 0.1) is 0 Å². The van der Waals surface area contributed by atoms with E-state index in [0.29, 0.717) is 18.8 Å². The Morgan fingerprint density at radius 2 is 1.96 bits per heavy atom. The average Bonchev–Trinajstić information content (AvgIpc) is 2.64. The molecule has 8 nitrogen and oxygen atoms in total. The fourth-order valence-electron chi connectivity index (χ4n) is 2.90. The summed E-state index contributed by atoms with van der Waals surface area (Å²) < 4.78 is 6.38. The highest BCUT2D eigenvalue weighted by molar-refractivity contribution is 5.77. The van der Waals surface area contributed by atoms with Crippen molar-refractivity contribution in [3.8, 4) is 11.3 Å². The Bertz CT molecular complexity index is 849. The molecule has 1 saturated heterocycles. The normalized spacial score (nSPS) is 17.1. The third kappa shape index (κ3) is 4.15. The van der Waals surface area contributed by atoms with E-state index in [-0.39, 0.29) is 31.0 Å². The summed E-state index contributed by atoms with van der Waals surface area (Å²) in [5.41, 5.74) is 1.03. The minimum atomic E-state index is -1.00. The van der Waals surface area contributed by atoms with Gasteiger partial charge in [0.25, 0.3) is 5.56 Å². The second-order valence-corrected chi connectivity index (χ2v) is 5.99. The number of benzene rings is 1. The molecule has 3 rings (SSSR count). The molecule has 0 aliphatic carbocycles. The number of carboxylic acid groups (broad SMARTS) is 1. The summed E-state index contributed by atoms with van der Waals surface area (Å²) in [5.74, 6) is -1.35. The molecule has 1 N–H and O–H groups in total. The summed E-state index contributed by atoms with van der Waals surface area (Å²) >= 11 is 0. The molecule has 136 valence electrons. The molecule has 1 aromatic heterocycles. The molecule has 1 amide bonds. The second-order valence-electron chi connectivity index (χ2n) is 5.99. The van der Waals surface area contributed by atoms with Crippen molar-refractivity contribution < 1.29 is 19.4 Å². The van der Waals surface area contributed by atoms with E-state index < -0.39 is 12.0 Å². The highest BCUT2D eigenvalue weighted by atomic mass is 16.5. The minimum absolute atomic E-state index is 0.171. The Balaban J connectivity index is 1.80. The Hall–Kier alpha value is -3.00. The number of nitrogens with zero attached hydrogens (tertiary/aromatic N) is 3. The van der Waals surface area contributed by atoms with E-state index in [1.165, 1.54) is 11.0 Å². The highest BCUT2D eigenvalue weighted by Gasteiger charge is 2.29. The number of morpholine rings is 1. The number of aromatic nitrogens is 2. The molecular formula is C18H19N3O5. The van der Waals surface area contributed by atoms with E-state index in [4.69, 9.17) is 9.84 Å². The number of rotatable bonds is 5. The highest BCUT2D eigenvalue weighted by Crippen LogP contribution is 2.15. The number of hydrogen-bond acceptors (Lipinski definition) is 5. The van der Waals surface area contributed by atoms with Gasteiger partial charge >= 0.3 is 5.97 Å². The zero-order valence-corrected chi connectivity index (χ0v) is 14.1. The molecule has 0 radical (unpaired) electrons. The predicted octanol–water partition coefficient (Wildman–Crippen LogP) is 0.612. The number of carboxylic acids is 1. The lowest BCUT2D eigenvalue weighted by Crippen LogP contribution is -2.51. The molecule has 0 spiro atoms. The second kappa shape index (κ2) is 7.92. The molecule has 1 aliphatic rings. The zero-order chi connectivity index (χ0) is 18.5. The Morgan fingerprint density at radius 1 is 1.19 bits per heavy atom.